The Bertz CT molecular complexity index is 172. The van der Waals surface area contributed by atoms with Gasteiger partial charge in [-0.3, -0.25) is 4.79 Å². The second-order valence-electron chi connectivity index (χ2n) is 4.36. The molecule has 1 atom stereocenters. The van der Waals surface area contributed by atoms with Crippen LogP contribution in [0.1, 0.15) is 39.5 Å². The maximum absolute atomic E-state index is 10.6. The summed E-state index contributed by atoms with van der Waals surface area (Å²) in [5.41, 5.74) is -0.0289. The fourth-order valence-electron chi connectivity index (χ4n) is 2.00. The zero-order chi connectivity index (χ0) is 9.19. The van der Waals surface area contributed by atoms with Crippen molar-refractivity contribution in [1.82, 2.24) is 0 Å². The van der Waals surface area contributed by atoms with Gasteiger partial charge in [-0.15, -0.1) is 0 Å². The molecule has 3 heteroatoms. The van der Waals surface area contributed by atoms with Crippen molar-refractivity contribution in [3.05, 3.63) is 13.8 Å². The minimum atomic E-state index is -0.674. The molecular formula is C11H20MnO2. The van der Waals surface area contributed by atoms with Gasteiger partial charge in [-0.05, 0) is 5.41 Å². The normalized spacial score (nSPS) is 20.9. The molecule has 1 saturated carbocycles. The van der Waals surface area contributed by atoms with E-state index < -0.39 is 5.97 Å². The van der Waals surface area contributed by atoms with Gasteiger partial charge in [0.15, 0.2) is 0 Å². The Morgan fingerprint density at radius 3 is 2.50 bits per heavy atom. The largest absolute Gasteiger partial charge is 2.00 e. The first-order chi connectivity index (χ1) is 5.52. The summed E-state index contributed by atoms with van der Waals surface area (Å²) >= 11 is 0. The summed E-state index contributed by atoms with van der Waals surface area (Å²) in [4.78, 5) is 10.6. The fourth-order valence-corrected chi connectivity index (χ4v) is 2.00. The molecule has 2 nitrogen and oxygen atoms in total. The molecule has 0 saturated heterocycles. The van der Waals surface area contributed by atoms with Gasteiger partial charge in [0.25, 0.3) is 0 Å². The van der Waals surface area contributed by atoms with Crippen LogP contribution < -0.4 is 0 Å². The van der Waals surface area contributed by atoms with E-state index in [1.165, 1.54) is 6.42 Å². The van der Waals surface area contributed by atoms with Crippen molar-refractivity contribution in [3.63, 3.8) is 0 Å². The van der Waals surface area contributed by atoms with Gasteiger partial charge in [0.1, 0.15) is 0 Å². The molecule has 1 N–H and O–H groups in total. The molecule has 0 aromatic heterocycles. The fraction of sp³-hybridized carbons (Fsp3) is 0.727. The van der Waals surface area contributed by atoms with E-state index in [0.717, 1.165) is 12.8 Å². The average molecular weight is 239 g/mol. The SMILES string of the molecule is CC(C)(CC(=O)O)C1C[CH-]CC1.[CH3-].[Mn+2]. The Hall–Kier alpha value is -0.0105. The van der Waals surface area contributed by atoms with Crippen LogP contribution in [0.25, 0.3) is 0 Å². The molecule has 1 radical (unpaired) electrons. The topological polar surface area (TPSA) is 37.3 Å². The van der Waals surface area contributed by atoms with Gasteiger partial charge in [0, 0.05) is 0 Å². The Balaban J connectivity index is 0. The van der Waals surface area contributed by atoms with Gasteiger partial charge in [-0.1, -0.05) is 26.2 Å². The summed E-state index contributed by atoms with van der Waals surface area (Å²) < 4.78 is 0. The summed E-state index contributed by atoms with van der Waals surface area (Å²) in [5, 5.41) is 8.70. The quantitative estimate of drug-likeness (QED) is 0.607. The Labute approximate surface area is 97.9 Å². The number of carboxylic acid groups (broad SMARTS) is 1. The maximum atomic E-state index is 10.6. The zero-order valence-corrected chi connectivity index (χ0v) is 10.4. The molecule has 0 heterocycles. The molecular weight excluding hydrogens is 219 g/mol. The summed E-state index contributed by atoms with van der Waals surface area (Å²) in [6, 6.07) is 0. The first-order valence-corrected chi connectivity index (χ1v) is 4.56. The van der Waals surface area contributed by atoms with E-state index in [1.54, 1.807) is 0 Å². The Morgan fingerprint density at radius 2 is 2.14 bits per heavy atom. The molecule has 1 aliphatic carbocycles. The van der Waals surface area contributed by atoms with Crippen molar-refractivity contribution in [2.45, 2.75) is 39.5 Å². The van der Waals surface area contributed by atoms with Crippen LogP contribution in [-0.4, -0.2) is 11.1 Å². The summed E-state index contributed by atoms with van der Waals surface area (Å²) in [7, 11) is 0. The molecule has 83 valence electrons. The van der Waals surface area contributed by atoms with Crippen LogP contribution >= 0.6 is 0 Å². The van der Waals surface area contributed by atoms with E-state index in [4.69, 9.17) is 5.11 Å². The molecule has 0 bridgehead atoms. The molecule has 0 aromatic carbocycles. The van der Waals surface area contributed by atoms with Crippen molar-refractivity contribution in [3.8, 4) is 0 Å². The second kappa shape index (κ2) is 6.47. The van der Waals surface area contributed by atoms with Gasteiger partial charge in [0.05, 0.1) is 6.42 Å². The van der Waals surface area contributed by atoms with Gasteiger partial charge >= 0.3 is 23.0 Å². The van der Waals surface area contributed by atoms with E-state index in [9.17, 15) is 4.79 Å². The van der Waals surface area contributed by atoms with Crippen LogP contribution in [0.3, 0.4) is 0 Å². The third-order valence-electron chi connectivity index (χ3n) is 2.88. The van der Waals surface area contributed by atoms with Crippen LogP contribution in [0.5, 0.6) is 0 Å². The Morgan fingerprint density at radius 1 is 1.57 bits per heavy atom. The van der Waals surface area contributed by atoms with Gasteiger partial charge in [-0.2, -0.15) is 12.8 Å². The number of hydrogen-bond donors (Lipinski definition) is 1. The van der Waals surface area contributed by atoms with Crippen molar-refractivity contribution in [2.75, 3.05) is 0 Å². The van der Waals surface area contributed by atoms with Crippen LogP contribution in [0.2, 0.25) is 0 Å². The molecule has 1 rings (SSSR count). The molecule has 1 fully saturated rings. The predicted molar refractivity (Wildman–Crippen MR) is 54.1 cm³/mol. The monoisotopic (exact) mass is 239 g/mol. The minimum absolute atomic E-state index is 0. The first-order valence-electron chi connectivity index (χ1n) is 4.56. The van der Waals surface area contributed by atoms with Gasteiger partial charge in [0.2, 0.25) is 0 Å². The molecule has 1 unspecified atom stereocenters. The molecule has 1 aliphatic rings. The predicted octanol–water partition coefficient (Wildman–Crippen LogP) is 2.94. The van der Waals surface area contributed by atoms with Crippen LogP contribution in [0.15, 0.2) is 0 Å². The molecule has 0 aromatic rings. The first kappa shape index (κ1) is 16.4. The van der Waals surface area contributed by atoms with E-state index in [0.29, 0.717) is 12.3 Å². The third-order valence-corrected chi connectivity index (χ3v) is 2.88. The van der Waals surface area contributed by atoms with Crippen LogP contribution in [-0.2, 0) is 21.9 Å². The molecule has 14 heavy (non-hydrogen) atoms. The van der Waals surface area contributed by atoms with Crippen molar-refractivity contribution in [1.29, 1.82) is 0 Å². The second-order valence-corrected chi connectivity index (χ2v) is 4.36. The van der Waals surface area contributed by atoms with E-state index in [-0.39, 0.29) is 29.9 Å². The number of carbonyl (C=O) groups is 1. The van der Waals surface area contributed by atoms with E-state index in [1.807, 2.05) is 0 Å². The maximum Gasteiger partial charge on any atom is 2.00 e. The standard InChI is InChI=1S/C10H17O2.CH3.Mn/c1-10(2,7-9(11)12)8-5-3-4-6-8;;/h3,8H,4-7H2,1-2H3,(H,11,12);1H3;/q2*-1;+2. The number of aliphatic carboxylic acids is 1. The van der Waals surface area contributed by atoms with Crippen molar-refractivity contribution in [2.24, 2.45) is 11.3 Å². The average Bonchev–Trinajstić information content (AvgIpc) is 2.32. The molecule has 0 aliphatic heterocycles. The number of carboxylic acids is 1. The summed E-state index contributed by atoms with van der Waals surface area (Å²) in [5.74, 6) is -0.0968. The Kier molecular flexibility index (Phi) is 7.59. The van der Waals surface area contributed by atoms with Crippen LogP contribution in [0, 0.1) is 25.2 Å². The summed E-state index contributed by atoms with van der Waals surface area (Å²) in [6.07, 6.45) is 5.99. The summed E-state index contributed by atoms with van der Waals surface area (Å²) in [6.45, 7) is 4.12. The zero-order valence-electron chi connectivity index (χ0n) is 9.22. The van der Waals surface area contributed by atoms with Gasteiger partial charge < -0.3 is 19.0 Å². The third kappa shape index (κ3) is 4.47. The van der Waals surface area contributed by atoms with Crippen molar-refractivity contribution < 1.29 is 27.0 Å². The number of rotatable bonds is 3. The molecule has 0 amide bonds. The smallest absolute Gasteiger partial charge is 0.481 e. The van der Waals surface area contributed by atoms with Gasteiger partial charge in [-0.25, -0.2) is 0 Å². The van der Waals surface area contributed by atoms with Crippen LogP contribution in [0.4, 0.5) is 0 Å². The number of hydrogen-bond acceptors (Lipinski definition) is 1. The molecule has 0 spiro atoms. The van der Waals surface area contributed by atoms with E-state index in [2.05, 4.69) is 20.3 Å². The minimum Gasteiger partial charge on any atom is -0.481 e. The van der Waals surface area contributed by atoms with Crippen molar-refractivity contribution >= 4 is 5.97 Å². The van der Waals surface area contributed by atoms with E-state index >= 15 is 0 Å².